The van der Waals surface area contributed by atoms with Gasteiger partial charge in [0.1, 0.15) is 17.2 Å². The fourth-order valence-corrected chi connectivity index (χ4v) is 4.48. The molecule has 0 radical (unpaired) electrons. The van der Waals surface area contributed by atoms with Crippen LogP contribution in [0.5, 0.6) is 17.2 Å². The van der Waals surface area contributed by atoms with Crippen molar-refractivity contribution in [1.82, 2.24) is 0 Å². The lowest BCUT2D eigenvalue weighted by Crippen LogP contribution is -2.17. The molecule has 0 aliphatic carbocycles. The van der Waals surface area contributed by atoms with Gasteiger partial charge >= 0.3 is 0 Å². The number of halogens is 1. The number of ether oxygens (including phenoxy) is 3. The summed E-state index contributed by atoms with van der Waals surface area (Å²) in [6.07, 6.45) is 0. The van der Waals surface area contributed by atoms with E-state index in [0.717, 1.165) is 10.9 Å². The molecule has 1 unspecified atom stereocenters. The Morgan fingerprint density at radius 3 is 1.84 bits per heavy atom. The molecule has 4 nitrogen and oxygen atoms in total. The van der Waals surface area contributed by atoms with Crippen LogP contribution in [0.4, 0.5) is 0 Å². The average Bonchev–Trinajstić information content (AvgIpc) is 2.70. The van der Waals surface area contributed by atoms with E-state index in [0.29, 0.717) is 65.4 Å². The lowest BCUT2D eigenvalue weighted by Gasteiger charge is -2.20. The monoisotopic (exact) mass is 478 g/mol. The fraction of sp³-hybridized carbons (Fsp3) is 0.500. The highest BCUT2D eigenvalue weighted by atomic mass is 35.5. The van der Waals surface area contributed by atoms with E-state index in [1.165, 1.54) is 0 Å². The van der Waals surface area contributed by atoms with Crippen LogP contribution in [0, 0.1) is 24.7 Å². The Bertz CT molecular complexity index is 855. The van der Waals surface area contributed by atoms with Gasteiger partial charge in [0.25, 0.3) is 0 Å². The van der Waals surface area contributed by atoms with Gasteiger partial charge in [-0.1, -0.05) is 65.3 Å². The molecule has 2 aromatic carbocycles. The van der Waals surface area contributed by atoms with E-state index in [9.17, 15) is 4.79 Å². The Labute approximate surface area is 199 Å². The average molecular weight is 479 g/mol. The molecule has 0 aromatic heterocycles. The van der Waals surface area contributed by atoms with E-state index in [1.807, 2.05) is 31.2 Å². The summed E-state index contributed by atoms with van der Waals surface area (Å²) in [5.74, 6) is 3.03. The zero-order chi connectivity index (χ0) is 23.8. The molecule has 0 spiro atoms. The van der Waals surface area contributed by atoms with E-state index >= 15 is 0 Å². The van der Waals surface area contributed by atoms with Crippen molar-refractivity contribution in [3.63, 3.8) is 0 Å². The van der Waals surface area contributed by atoms with Gasteiger partial charge in [-0.2, -0.15) is 0 Å². The number of carbonyl (C=O) groups excluding carboxylic acids is 1. The SMILES string of the molecule is Cc1cccc(Cl)c1C(=O)Pc1c(OCC(C)C)cc(OCC(C)C)cc1OCC(C)C. The molecule has 176 valence electrons. The molecule has 0 N–H and O–H groups in total. The second kappa shape index (κ2) is 12.5. The highest BCUT2D eigenvalue weighted by Crippen LogP contribution is 2.36. The van der Waals surface area contributed by atoms with Crippen LogP contribution < -0.4 is 19.5 Å². The molecule has 0 fully saturated rings. The van der Waals surface area contributed by atoms with Crippen LogP contribution in [0.25, 0.3) is 0 Å². The molecule has 0 heterocycles. The second-order valence-electron chi connectivity index (χ2n) is 9.29. The summed E-state index contributed by atoms with van der Waals surface area (Å²) in [4.78, 5) is 13.3. The van der Waals surface area contributed by atoms with Crippen molar-refractivity contribution < 1.29 is 19.0 Å². The van der Waals surface area contributed by atoms with Gasteiger partial charge in [-0.25, -0.2) is 0 Å². The molecule has 6 heteroatoms. The maximum absolute atomic E-state index is 13.3. The molecule has 2 rings (SSSR count). The van der Waals surface area contributed by atoms with Crippen LogP contribution in [-0.4, -0.2) is 25.3 Å². The number of hydrogen-bond donors (Lipinski definition) is 0. The summed E-state index contributed by atoms with van der Waals surface area (Å²) in [6.45, 7) is 16.1. The van der Waals surface area contributed by atoms with Gasteiger partial charge in [-0.15, -0.1) is 0 Å². The Balaban J connectivity index is 2.50. The zero-order valence-electron chi connectivity index (χ0n) is 20.3. The first-order valence-corrected chi connectivity index (χ1v) is 12.6. The van der Waals surface area contributed by atoms with Crippen molar-refractivity contribution in [3.8, 4) is 17.2 Å². The van der Waals surface area contributed by atoms with Gasteiger partial charge in [0, 0.05) is 17.7 Å². The molecule has 0 bridgehead atoms. The summed E-state index contributed by atoms with van der Waals surface area (Å²) in [7, 11) is -0.182. The van der Waals surface area contributed by atoms with Gasteiger partial charge in [0.15, 0.2) is 5.52 Å². The third kappa shape index (κ3) is 7.98. The van der Waals surface area contributed by atoms with Gasteiger partial charge < -0.3 is 14.2 Å². The van der Waals surface area contributed by atoms with Crippen molar-refractivity contribution in [2.45, 2.75) is 48.5 Å². The highest BCUT2D eigenvalue weighted by molar-refractivity contribution is 7.66. The molecule has 0 saturated heterocycles. The Kier molecular flexibility index (Phi) is 10.3. The van der Waals surface area contributed by atoms with Crippen LogP contribution in [0.2, 0.25) is 5.02 Å². The van der Waals surface area contributed by atoms with Gasteiger partial charge in [-0.3, -0.25) is 4.79 Å². The first-order valence-electron chi connectivity index (χ1n) is 11.2. The molecule has 0 saturated carbocycles. The quantitative estimate of drug-likeness (QED) is 0.311. The van der Waals surface area contributed by atoms with Gasteiger partial charge in [0.05, 0.1) is 30.1 Å². The standard InChI is InChI=1S/C26H36ClO4P/c1-16(2)13-29-20-11-22(30-14-17(3)4)25(23(12-20)31-15-18(5)6)32-26(28)24-19(7)9-8-10-21(24)27/h8-12,16-18,32H,13-15H2,1-7H3. The van der Waals surface area contributed by atoms with Crippen LogP contribution in [0.15, 0.2) is 30.3 Å². The van der Waals surface area contributed by atoms with Crippen molar-refractivity contribution >= 4 is 31.0 Å². The highest BCUT2D eigenvalue weighted by Gasteiger charge is 2.22. The maximum atomic E-state index is 13.3. The Hall–Kier alpha value is -1.77. The topological polar surface area (TPSA) is 44.8 Å². The summed E-state index contributed by atoms with van der Waals surface area (Å²) in [5, 5.41) is 1.22. The molecule has 0 amide bonds. The van der Waals surface area contributed by atoms with E-state index < -0.39 is 0 Å². The van der Waals surface area contributed by atoms with E-state index in [4.69, 9.17) is 25.8 Å². The summed E-state index contributed by atoms with van der Waals surface area (Å²) < 4.78 is 18.3. The van der Waals surface area contributed by atoms with Crippen LogP contribution >= 0.6 is 20.2 Å². The number of hydrogen-bond acceptors (Lipinski definition) is 4. The molecule has 0 aliphatic rings. The van der Waals surface area contributed by atoms with E-state index in [1.54, 1.807) is 6.07 Å². The molecule has 32 heavy (non-hydrogen) atoms. The number of carbonyl (C=O) groups is 1. The largest absolute Gasteiger partial charge is 0.493 e. The third-order valence-corrected chi connectivity index (χ3v) is 5.99. The Morgan fingerprint density at radius 1 is 0.875 bits per heavy atom. The fourth-order valence-electron chi connectivity index (χ4n) is 2.87. The van der Waals surface area contributed by atoms with E-state index in [2.05, 4.69) is 41.5 Å². The molecular weight excluding hydrogens is 443 g/mol. The third-order valence-electron chi connectivity index (χ3n) is 4.45. The smallest absolute Gasteiger partial charge is 0.187 e. The van der Waals surface area contributed by atoms with Crippen LogP contribution in [0.1, 0.15) is 57.5 Å². The molecule has 0 aliphatic heterocycles. The minimum absolute atomic E-state index is 0.0345. The van der Waals surface area contributed by atoms with Crippen molar-refractivity contribution in [1.29, 1.82) is 0 Å². The van der Waals surface area contributed by atoms with Gasteiger partial charge in [-0.05, 0) is 44.9 Å². The predicted molar refractivity (Wildman–Crippen MR) is 136 cm³/mol. The molecule has 2 aromatic rings. The Morgan fingerprint density at radius 2 is 1.38 bits per heavy atom. The lowest BCUT2D eigenvalue weighted by molar-refractivity contribution is 0.108. The van der Waals surface area contributed by atoms with Crippen LogP contribution in [0.3, 0.4) is 0 Å². The lowest BCUT2D eigenvalue weighted by atomic mass is 10.1. The predicted octanol–water partition coefficient (Wildman–Crippen LogP) is 6.90. The van der Waals surface area contributed by atoms with E-state index in [-0.39, 0.29) is 14.1 Å². The number of aryl methyl sites for hydroxylation is 1. The summed E-state index contributed by atoms with van der Waals surface area (Å²) in [5.41, 5.74) is 1.38. The zero-order valence-corrected chi connectivity index (χ0v) is 22.0. The van der Waals surface area contributed by atoms with Gasteiger partial charge in [0.2, 0.25) is 0 Å². The number of benzene rings is 2. The van der Waals surface area contributed by atoms with Crippen molar-refractivity contribution in [3.05, 3.63) is 46.5 Å². The summed E-state index contributed by atoms with van der Waals surface area (Å²) >= 11 is 6.37. The minimum Gasteiger partial charge on any atom is -0.493 e. The maximum Gasteiger partial charge on any atom is 0.187 e. The minimum atomic E-state index is -0.182. The first kappa shape index (κ1) is 26.5. The number of rotatable bonds is 12. The van der Waals surface area contributed by atoms with Crippen molar-refractivity contribution in [2.24, 2.45) is 17.8 Å². The molecule has 1 atom stereocenters. The second-order valence-corrected chi connectivity index (χ2v) is 10.9. The van der Waals surface area contributed by atoms with Crippen molar-refractivity contribution in [2.75, 3.05) is 19.8 Å². The first-order chi connectivity index (χ1) is 15.1. The normalized spacial score (nSPS) is 11.7. The summed E-state index contributed by atoms with van der Waals surface area (Å²) in [6, 6.07) is 9.26. The van der Waals surface area contributed by atoms with Crippen LogP contribution in [-0.2, 0) is 0 Å². The molecular formula is C26H36ClO4P.